The Morgan fingerprint density at radius 3 is 2.57 bits per heavy atom. The van der Waals surface area contributed by atoms with Crippen LogP contribution in [0.5, 0.6) is 0 Å². The lowest BCUT2D eigenvalue weighted by atomic mass is 9.89. The van der Waals surface area contributed by atoms with Crippen LogP contribution in [0.25, 0.3) is 0 Å². The van der Waals surface area contributed by atoms with Crippen LogP contribution in [0.15, 0.2) is 24.3 Å². The summed E-state index contributed by atoms with van der Waals surface area (Å²) >= 11 is 0. The van der Waals surface area contributed by atoms with Crippen molar-refractivity contribution in [1.29, 1.82) is 0 Å². The number of hydrogen-bond donors (Lipinski definition) is 1. The van der Waals surface area contributed by atoms with Crippen LogP contribution in [0.4, 0.5) is 4.39 Å². The fourth-order valence-electron chi connectivity index (χ4n) is 3.85. The lowest BCUT2D eigenvalue weighted by Crippen LogP contribution is -2.41. The van der Waals surface area contributed by atoms with E-state index < -0.39 is 0 Å². The number of amides is 1. The number of hydrogen-bond acceptors (Lipinski definition) is 2. The normalized spacial score (nSPS) is 25.2. The summed E-state index contributed by atoms with van der Waals surface area (Å²) in [5.74, 6) is 0.839. The molecular weight excluding hydrogens is 315 g/mol. The fourth-order valence-corrected chi connectivity index (χ4v) is 3.85. The van der Waals surface area contributed by atoms with E-state index in [9.17, 15) is 9.18 Å². The topological polar surface area (TPSA) is 46.3 Å². The molecule has 0 radical (unpaired) electrons. The lowest BCUT2D eigenvalue weighted by molar-refractivity contribution is -0.136. The van der Waals surface area contributed by atoms with Gasteiger partial charge in [0.05, 0.1) is 0 Å². The molecule has 23 heavy (non-hydrogen) atoms. The summed E-state index contributed by atoms with van der Waals surface area (Å²) in [4.78, 5) is 14.5. The molecule has 2 fully saturated rings. The molecule has 128 valence electrons. The number of nitrogens with zero attached hydrogens (tertiary/aromatic N) is 1. The first-order valence-corrected chi connectivity index (χ1v) is 8.40. The van der Waals surface area contributed by atoms with E-state index in [1.807, 2.05) is 11.0 Å². The first kappa shape index (κ1) is 18.2. The molecule has 1 aliphatic heterocycles. The number of benzene rings is 1. The third-order valence-corrected chi connectivity index (χ3v) is 5.16. The summed E-state index contributed by atoms with van der Waals surface area (Å²) in [7, 11) is 0. The second-order valence-corrected chi connectivity index (χ2v) is 6.87. The number of nitrogens with two attached hydrogens (primary N) is 1. The highest BCUT2D eigenvalue weighted by molar-refractivity contribution is 5.85. The molecule has 1 amide bonds. The maximum absolute atomic E-state index is 13.2. The van der Waals surface area contributed by atoms with E-state index in [-0.39, 0.29) is 30.2 Å². The fraction of sp³-hybridized carbons (Fsp3) is 0.611. The maximum atomic E-state index is 13.2. The van der Waals surface area contributed by atoms with Crippen molar-refractivity contribution in [3.63, 3.8) is 0 Å². The predicted octanol–water partition coefficient (Wildman–Crippen LogP) is 3.16. The van der Waals surface area contributed by atoms with Gasteiger partial charge in [-0.3, -0.25) is 4.79 Å². The highest BCUT2D eigenvalue weighted by Crippen LogP contribution is 2.29. The van der Waals surface area contributed by atoms with E-state index in [2.05, 4.69) is 0 Å². The molecule has 0 spiro atoms. The SMILES string of the molecule is Cl.NC1CCC(C(=O)N2CCC(Cc3cccc(F)c3)CC2)C1. The molecule has 1 heterocycles. The van der Waals surface area contributed by atoms with Crippen LogP contribution in [0.3, 0.4) is 0 Å². The second-order valence-electron chi connectivity index (χ2n) is 6.87. The zero-order valence-electron chi connectivity index (χ0n) is 13.4. The Hall–Kier alpha value is -1.13. The first-order valence-electron chi connectivity index (χ1n) is 8.40. The van der Waals surface area contributed by atoms with Gasteiger partial charge >= 0.3 is 0 Å². The Morgan fingerprint density at radius 2 is 1.96 bits per heavy atom. The smallest absolute Gasteiger partial charge is 0.225 e. The average Bonchev–Trinajstić information content (AvgIpc) is 2.94. The first-order chi connectivity index (χ1) is 10.6. The van der Waals surface area contributed by atoms with Crippen molar-refractivity contribution in [2.45, 2.75) is 44.6 Å². The summed E-state index contributed by atoms with van der Waals surface area (Å²) in [6.07, 6.45) is 5.72. The van der Waals surface area contributed by atoms with Gasteiger partial charge in [-0.15, -0.1) is 12.4 Å². The molecular formula is C18H26ClFN2O. The molecule has 1 aromatic carbocycles. The summed E-state index contributed by atoms with van der Waals surface area (Å²) in [6.45, 7) is 1.68. The standard InChI is InChI=1S/C18H25FN2O.ClH/c19-16-3-1-2-14(11-16)10-13-6-8-21(9-7-13)18(22)15-4-5-17(20)12-15;/h1-3,11,13,15,17H,4-10,12,20H2;1H. The van der Waals surface area contributed by atoms with Crippen molar-refractivity contribution in [2.75, 3.05) is 13.1 Å². The molecule has 5 heteroatoms. The Balaban J connectivity index is 0.00000192. The molecule has 3 rings (SSSR count). The molecule has 1 saturated heterocycles. The van der Waals surface area contributed by atoms with Crippen molar-refractivity contribution in [1.82, 2.24) is 4.90 Å². The third kappa shape index (κ3) is 4.67. The van der Waals surface area contributed by atoms with Crippen molar-refractivity contribution < 1.29 is 9.18 Å². The van der Waals surface area contributed by atoms with Crippen molar-refractivity contribution in [3.05, 3.63) is 35.6 Å². The maximum Gasteiger partial charge on any atom is 0.225 e. The highest BCUT2D eigenvalue weighted by atomic mass is 35.5. The minimum absolute atomic E-state index is 0. The van der Waals surface area contributed by atoms with E-state index in [0.717, 1.165) is 57.2 Å². The molecule has 3 nitrogen and oxygen atoms in total. The Kier molecular flexibility index (Phi) is 6.42. The van der Waals surface area contributed by atoms with Crippen molar-refractivity contribution >= 4 is 18.3 Å². The van der Waals surface area contributed by atoms with Gasteiger partial charge in [0, 0.05) is 25.0 Å². The molecule has 0 aromatic heterocycles. The monoisotopic (exact) mass is 340 g/mol. The van der Waals surface area contributed by atoms with E-state index >= 15 is 0 Å². The zero-order valence-corrected chi connectivity index (χ0v) is 14.2. The summed E-state index contributed by atoms with van der Waals surface area (Å²) in [5, 5.41) is 0. The van der Waals surface area contributed by atoms with Crippen LogP contribution in [0.1, 0.15) is 37.7 Å². The summed E-state index contributed by atoms with van der Waals surface area (Å²) in [5.41, 5.74) is 6.97. The molecule has 2 atom stereocenters. The van der Waals surface area contributed by atoms with Gasteiger partial charge in [-0.1, -0.05) is 12.1 Å². The summed E-state index contributed by atoms with van der Waals surface area (Å²) < 4.78 is 13.2. The van der Waals surface area contributed by atoms with E-state index in [1.54, 1.807) is 12.1 Å². The van der Waals surface area contributed by atoms with Crippen molar-refractivity contribution in [3.8, 4) is 0 Å². The van der Waals surface area contributed by atoms with Crippen LogP contribution in [-0.2, 0) is 11.2 Å². The van der Waals surface area contributed by atoms with E-state index in [0.29, 0.717) is 11.8 Å². The van der Waals surface area contributed by atoms with Crippen molar-refractivity contribution in [2.24, 2.45) is 17.6 Å². The van der Waals surface area contributed by atoms with Crippen LogP contribution in [-0.4, -0.2) is 29.9 Å². The minimum Gasteiger partial charge on any atom is -0.342 e. The number of piperidine rings is 1. The lowest BCUT2D eigenvalue weighted by Gasteiger charge is -2.33. The molecule has 2 aliphatic rings. The minimum atomic E-state index is -0.164. The number of carbonyl (C=O) groups excluding carboxylic acids is 1. The van der Waals surface area contributed by atoms with Gasteiger partial charge in [0.2, 0.25) is 5.91 Å². The Morgan fingerprint density at radius 1 is 1.22 bits per heavy atom. The number of rotatable bonds is 3. The van der Waals surface area contributed by atoms with Gasteiger partial charge in [-0.25, -0.2) is 4.39 Å². The number of carbonyl (C=O) groups is 1. The van der Waals surface area contributed by atoms with Gasteiger partial charge in [-0.2, -0.15) is 0 Å². The number of likely N-dealkylation sites (tertiary alicyclic amines) is 1. The van der Waals surface area contributed by atoms with E-state index in [1.165, 1.54) is 6.07 Å². The van der Waals surface area contributed by atoms with Gasteiger partial charge in [0.15, 0.2) is 0 Å². The average molecular weight is 341 g/mol. The van der Waals surface area contributed by atoms with Gasteiger partial charge in [0.1, 0.15) is 5.82 Å². The molecule has 1 aliphatic carbocycles. The van der Waals surface area contributed by atoms with Crippen LogP contribution >= 0.6 is 12.4 Å². The molecule has 1 saturated carbocycles. The molecule has 2 unspecified atom stereocenters. The Bertz CT molecular complexity index is 532. The molecule has 0 bridgehead atoms. The summed E-state index contributed by atoms with van der Waals surface area (Å²) in [6, 6.07) is 7.07. The Labute approximate surface area is 143 Å². The quantitative estimate of drug-likeness (QED) is 0.918. The zero-order chi connectivity index (χ0) is 15.5. The highest BCUT2D eigenvalue weighted by Gasteiger charge is 2.32. The van der Waals surface area contributed by atoms with Crippen LogP contribution in [0.2, 0.25) is 0 Å². The van der Waals surface area contributed by atoms with Crippen LogP contribution in [0, 0.1) is 17.7 Å². The molecule has 2 N–H and O–H groups in total. The molecule has 1 aromatic rings. The van der Waals surface area contributed by atoms with Crippen LogP contribution < -0.4 is 5.73 Å². The van der Waals surface area contributed by atoms with Gasteiger partial charge < -0.3 is 10.6 Å². The van der Waals surface area contributed by atoms with Gasteiger partial charge in [0.25, 0.3) is 0 Å². The largest absolute Gasteiger partial charge is 0.342 e. The third-order valence-electron chi connectivity index (χ3n) is 5.16. The van der Waals surface area contributed by atoms with E-state index in [4.69, 9.17) is 5.73 Å². The second kappa shape index (κ2) is 8.11. The van der Waals surface area contributed by atoms with Gasteiger partial charge in [-0.05, 0) is 62.1 Å². The predicted molar refractivity (Wildman–Crippen MR) is 92.0 cm³/mol. The number of halogens is 2.